The molecule has 31 heavy (non-hydrogen) atoms. The maximum atomic E-state index is 13.2. The molecule has 2 aromatic heterocycles. The molecule has 0 spiro atoms. The van der Waals surface area contributed by atoms with Crippen molar-refractivity contribution >= 4 is 16.8 Å². The number of rotatable bonds is 5. The van der Waals surface area contributed by atoms with Crippen molar-refractivity contribution in [2.45, 2.75) is 31.4 Å². The van der Waals surface area contributed by atoms with Gasteiger partial charge < -0.3 is 15.0 Å². The molecule has 1 aliphatic rings. The third-order valence-corrected chi connectivity index (χ3v) is 6.15. The smallest absolute Gasteiger partial charge is 0.254 e. The van der Waals surface area contributed by atoms with Gasteiger partial charge in [0.05, 0.1) is 12.1 Å². The summed E-state index contributed by atoms with van der Waals surface area (Å²) in [6.45, 7) is 0.678. The lowest BCUT2D eigenvalue weighted by Gasteiger charge is -2.28. The number of carbonyl (C=O) groups excluding carboxylic acids is 1. The fourth-order valence-corrected chi connectivity index (χ4v) is 4.55. The number of aliphatic hydroxyl groups is 1. The van der Waals surface area contributed by atoms with E-state index in [9.17, 15) is 9.90 Å². The minimum Gasteiger partial charge on any atom is -0.391 e. The van der Waals surface area contributed by atoms with Crippen LogP contribution in [0.1, 0.15) is 28.9 Å². The molecule has 5 rings (SSSR count). The molecule has 2 N–H and O–H groups in total. The monoisotopic (exact) mass is 411 g/mol. The maximum Gasteiger partial charge on any atom is 0.254 e. The number of aromatic amines is 1. The predicted molar refractivity (Wildman–Crippen MR) is 122 cm³/mol. The van der Waals surface area contributed by atoms with Crippen LogP contribution in [-0.4, -0.2) is 44.6 Å². The molecular formula is C26H25N3O2. The van der Waals surface area contributed by atoms with Crippen LogP contribution in [0.3, 0.4) is 0 Å². The molecule has 4 aromatic rings. The van der Waals surface area contributed by atoms with Crippen LogP contribution in [0.5, 0.6) is 0 Å². The van der Waals surface area contributed by atoms with Crippen LogP contribution in [0.2, 0.25) is 0 Å². The van der Waals surface area contributed by atoms with E-state index < -0.39 is 6.10 Å². The Morgan fingerprint density at radius 2 is 1.87 bits per heavy atom. The number of aromatic nitrogens is 2. The fraction of sp³-hybridized carbons (Fsp3) is 0.231. The number of benzene rings is 2. The molecule has 1 fully saturated rings. The molecule has 0 saturated carbocycles. The van der Waals surface area contributed by atoms with Crippen molar-refractivity contribution in [1.29, 1.82) is 0 Å². The molecule has 1 aliphatic heterocycles. The maximum absolute atomic E-state index is 13.2. The Morgan fingerprint density at radius 1 is 1.10 bits per heavy atom. The van der Waals surface area contributed by atoms with E-state index in [0.29, 0.717) is 18.5 Å². The first-order valence-electron chi connectivity index (χ1n) is 10.8. The third-order valence-electron chi connectivity index (χ3n) is 6.15. The molecule has 2 aromatic carbocycles. The van der Waals surface area contributed by atoms with Crippen molar-refractivity contribution in [3.63, 3.8) is 0 Å². The molecule has 2 atom stereocenters. The summed E-state index contributed by atoms with van der Waals surface area (Å²) < 4.78 is 0. The average molecular weight is 412 g/mol. The number of nitrogens with one attached hydrogen (secondary N) is 1. The highest BCUT2D eigenvalue weighted by molar-refractivity contribution is 5.95. The predicted octanol–water partition coefficient (Wildman–Crippen LogP) is 4.44. The lowest BCUT2D eigenvalue weighted by molar-refractivity contribution is 0.0488. The van der Waals surface area contributed by atoms with E-state index >= 15 is 0 Å². The minimum atomic E-state index is -0.615. The first-order chi connectivity index (χ1) is 15.2. The molecular weight excluding hydrogens is 386 g/mol. The largest absolute Gasteiger partial charge is 0.391 e. The van der Waals surface area contributed by atoms with Gasteiger partial charge in [0.1, 0.15) is 0 Å². The summed E-state index contributed by atoms with van der Waals surface area (Å²) >= 11 is 0. The normalized spacial score (nSPS) is 17.2. The number of pyridine rings is 1. The zero-order chi connectivity index (χ0) is 21.2. The van der Waals surface area contributed by atoms with Crippen molar-refractivity contribution in [3.05, 3.63) is 90.4 Å². The minimum absolute atomic E-state index is 0.0120. The van der Waals surface area contributed by atoms with Gasteiger partial charge in [0, 0.05) is 47.5 Å². The molecule has 1 amide bonds. The molecule has 5 heteroatoms. The number of aliphatic hydroxyl groups excluding tert-OH is 1. The second-order valence-corrected chi connectivity index (χ2v) is 8.18. The van der Waals surface area contributed by atoms with E-state index in [4.69, 9.17) is 0 Å². The van der Waals surface area contributed by atoms with Gasteiger partial charge in [0.2, 0.25) is 0 Å². The highest BCUT2D eigenvalue weighted by Crippen LogP contribution is 2.26. The van der Waals surface area contributed by atoms with Gasteiger partial charge in [-0.1, -0.05) is 42.5 Å². The van der Waals surface area contributed by atoms with Gasteiger partial charge in [0.25, 0.3) is 5.91 Å². The zero-order valence-corrected chi connectivity index (χ0v) is 17.2. The van der Waals surface area contributed by atoms with Crippen LogP contribution in [0.15, 0.2) is 79.1 Å². The van der Waals surface area contributed by atoms with Crippen molar-refractivity contribution in [3.8, 4) is 11.1 Å². The number of carbonyl (C=O) groups is 1. The Labute approximate surface area is 181 Å². The quantitative estimate of drug-likeness (QED) is 0.510. The Balaban J connectivity index is 1.30. The van der Waals surface area contributed by atoms with Crippen LogP contribution >= 0.6 is 0 Å². The lowest BCUT2D eigenvalue weighted by atomic mass is 10.0. The zero-order valence-electron chi connectivity index (χ0n) is 17.2. The number of likely N-dealkylation sites (tertiary alicyclic amines) is 1. The van der Waals surface area contributed by atoms with E-state index in [-0.39, 0.29) is 11.9 Å². The van der Waals surface area contributed by atoms with Crippen LogP contribution in [0.25, 0.3) is 22.0 Å². The van der Waals surface area contributed by atoms with Crippen molar-refractivity contribution in [2.75, 3.05) is 6.54 Å². The Bertz CT molecular complexity index is 1150. The average Bonchev–Trinajstić information content (AvgIpc) is 3.46. The number of nitrogens with zero attached hydrogens (tertiary/aromatic N) is 2. The van der Waals surface area contributed by atoms with Crippen LogP contribution in [0, 0.1) is 0 Å². The van der Waals surface area contributed by atoms with E-state index in [1.165, 1.54) is 0 Å². The van der Waals surface area contributed by atoms with E-state index in [1.54, 1.807) is 6.20 Å². The number of amides is 1. The number of hydrogen-bond acceptors (Lipinski definition) is 3. The number of fused-ring (bicyclic) bond motifs is 1. The SMILES string of the molecule is O=C(c1ccc(-c2ccccc2)cc1)N1CCCC1C(O)Cc1cc2cnccc2[nH]1. The first kappa shape index (κ1) is 19.5. The second kappa shape index (κ2) is 8.36. The molecule has 5 nitrogen and oxygen atoms in total. The fourth-order valence-electron chi connectivity index (χ4n) is 4.55. The van der Waals surface area contributed by atoms with Crippen LogP contribution in [0.4, 0.5) is 0 Å². The summed E-state index contributed by atoms with van der Waals surface area (Å²) in [6.07, 6.45) is 5.15. The molecule has 156 valence electrons. The van der Waals surface area contributed by atoms with Gasteiger partial charge in [-0.2, -0.15) is 0 Å². The lowest BCUT2D eigenvalue weighted by Crippen LogP contribution is -2.43. The summed E-state index contributed by atoms with van der Waals surface area (Å²) in [5, 5.41) is 12.0. The summed E-state index contributed by atoms with van der Waals surface area (Å²) in [5.41, 5.74) is 4.85. The molecule has 3 heterocycles. The second-order valence-electron chi connectivity index (χ2n) is 8.18. The van der Waals surface area contributed by atoms with Crippen molar-refractivity contribution < 1.29 is 9.90 Å². The first-order valence-corrected chi connectivity index (χ1v) is 10.8. The number of H-pyrrole nitrogens is 1. The van der Waals surface area contributed by atoms with Gasteiger partial charge in [-0.25, -0.2) is 0 Å². The molecule has 0 aliphatic carbocycles. The molecule has 0 bridgehead atoms. The van der Waals surface area contributed by atoms with Crippen molar-refractivity contribution in [1.82, 2.24) is 14.9 Å². The highest BCUT2D eigenvalue weighted by atomic mass is 16.3. The highest BCUT2D eigenvalue weighted by Gasteiger charge is 2.34. The molecule has 0 radical (unpaired) electrons. The van der Waals surface area contributed by atoms with Gasteiger partial charge in [0.15, 0.2) is 0 Å². The Kier molecular flexibility index (Phi) is 5.26. The summed E-state index contributed by atoms with van der Waals surface area (Å²) in [7, 11) is 0. The van der Waals surface area contributed by atoms with Crippen LogP contribution in [-0.2, 0) is 6.42 Å². The van der Waals surface area contributed by atoms with Gasteiger partial charge in [-0.3, -0.25) is 9.78 Å². The van der Waals surface area contributed by atoms with Crippen molar-refractivity contribution in [2.24, 2.45) is 0 Å². The molecule has 2 unspecified atom stereocenters. The van der Waals surface area contributed by atoms with E-state index in [0.717, 1.165) is 40.6 Å². The summed E-state index contributed by atoms with van der Waals surface area (Å²) in [6, 6.07) is 21.7. The van der Waals surface area contributed by atoms with E-state index in [2.05, 4.69) is 22.1 Å². The van der Waals surface area contributed by atoms with Gasteiger partial charge >= 0.3 is 0 Å². The van der Waals surface area contributed by atoms with Gasteiger partial charge in [-0.05, 0) is 48.2 Å². The Morgan fingerprint density at radius 3 is 2.65 bits per heavy atom. The van der Waals surface area contributed by atoms with E-state index in [1.807, 2.05) is 65.7 Å². The van der Waals surface area contributed by atoms with Crippen LogP contribution < -0.4 is 0 Å². The third kappa shape index (κ3) is 3.97. The Hall–Kier alpha value is -3.44. The standard InChI is InChI=1S/C26H25N3O2/c30-25(16-22-15-21-17-27-13-12-23(21)28-22)24-7-4-14-29(24)26(31)20-10-8-19(9-11-20)18-5-2-1-3-6-18/h1-3,5-6,8-13,15,17,24-25,28,30H,4,7,14,16H2. The topological polar surface area (TPSA) is 69.2 Å². The summed E-state index contributed by atoms with van der Waals surface area (Å²) in [4.78, 5) is 22.5. The molecule has 1 saturated heterocycles. The number of hydrogen-bond donors (Lipinski definition) is 2. The van der Waals surface area contributed by atoms with Gasteiger partial charge in [-0.15, -0.1) is 0 Å². The summed E-state index contributed by atoms with van der Waals surface area (Å²) in [5.74, 6) is -0.0120.